The summed E-state index contributed by atoms with van der Waals surface area (Å²) < 4.78 is 0. The van der Waals surface area contributed by atoms with Gasteiger partial charge < -0.3 is 21.2 Å². The highest BCUT2D eigenvalue weighted by Gasteiger charge is 1.97. The highest BCUT2D eigenvalue weighted by molar-refractivity contribution is 5.96. The van der Waals surface area contributed by atoms with Crippen LogP contribution in [-0.4, -0.2) is 21.3 Å². The maximum atomic E-state index is 8.71. The van der Waals surface area contributed by atoms with Crippen LogP contribution < -0.4 is 5.73 Å². The van der Waals surface area contributed by atoms with Crippen molar-refractivity contribution in [1.29, 1.82) is 5.26 Å². The van der Waals surface area contributed by atoms with Gasteiger partial charge >= 0.3 is 0 Å². The molecule has 0 aromatic heterocycles. The molecule has 6 heteroatoms. The summed E-state index contributed by atoms with van der Waals surface area (Å²) in [4.78, 5) is 0. The fraction of sp³-hybridized carbons (Fsp3) is 0.125. The van der Waals surface area contributed by atoms with Crippen LogP contribution in [0.2, 0.25) is 0 Å². The molecule has 0 radical (unpaired) electrons. The minimum atomic E-state index is -0.00352. The van der Waals surface area contributed by atoms with Crippen LogP contribution in [0.15, 0.2) is 53.7 Å². The second-order valence-corrected chi connectivity index (χ2v) is 4.31. The molecule has 0 aliphatic heterocycles. The van der Waals surface area contributed by atoms with Gasteiger partial charge in [0.1, 0.15) is 0 Å². The van der Waals surface area contributed by atoms with E-state index in [0.717, 1.165) is 11.1 Å². The molecule has 0 saturated carbocycles. The van der Waals surface area contributed by atoms with Gasteiger partial charge in [0.15, 0.2) is 5.84 Å². The van der Waals surface area contributed by atoms with Crippen LogP contribution in [0.3, 0.4) is 0 Å². The van der Waals surface area contributed by atoms with Gasteiger partial charge in [-0.1, -0.05) is 41.6 Å². The van der Waals surface area contributed by atoms with Gasteiger partial charge in [0.25, 0.3) is 0 Å². The van der Waals surface area contributed by atoms with Crippen molar-refractivity contribution in [2.45, 2.75) is 13.2 Å². The Morgan fingerprint density at radius 3 is 1.77 bits per heavy atom. The summed E-state index contributed by atoms with van der Waals surface area (Å²) in [5.74, 6) is 0.0690. The second kappa shape index (κ2) is 9.13. The van der Waals surface area contributed by atoms with E-state index >= 15 is 0 Å². The number of hydrogen-bond donors (Lipinski definition) is 4. The van der Waals surface area contributed by atoms with Crippen molar-refractivity contribution in [2.75, 3.05) is 0 Å². The molecule has 0 amide bonds. The number of aliphatic hydroxyl groups is 2. The van der Waals surface area contributed by atoms with E-state index in [1.165, 1.54) is 0 Å². The Morgan fingerprint density at radius 1 is 0.955 bits per heavy atom. The number of rotatable bonds is 3. The molecule has 6 nitrogen and oxygen atoms in total. The lowest BCUT2D eigenvalue weighted by Gasteiger charge is -1.99. The van der Waals surface area contributed by atoms with Crippen molar-refractivity contribution in [3.05, 3.63) is 70.8 Å². The normalized spacial score (nSPS) is 10.3. The number of oxime groups is 1. The molecule has 0 heterocycles. The van der Waals surface area contributed by atoms with Crippen molar-refractivity contribution >= 4 is 5.84 Å². The number of benzene rings is 2. The summed E-state index contributed by atoms with van der Waals surface area (Å²) in [6.45, 7) is 0.0299. The number of aliphatic hydroxyl groups excluding tert-OH is 2. The van der Waals surface area contributed by atoms with Crippen LogP contribution in [0.5, 0.6) is 0 Å². The van der Waals surface area contributed by atoms with Crippen LogP contribution in [0.4, 0.5) is 0 Å². The minimum Gasteiger partial charge on any atom is -0.409 e. The molecule has 22 heavy (non-hydrogen) atoms. The molecule has 2 aromatic carbocycles. The van der Waals surface area contributed by atoms with Crippen LogP contribution in [-0.2, 0) is 13.2 Å². The molecule has 0 aliphatic carbocycles. The zero-order valence-electron chi connectivity index (χ0n) is 11.8. The van der Waals surface area contributed by atoms with E-state index < -0.39 is 0 Å². The Morgan fingerprint density at radius 2 is 1.41 bits per heavy atom. The van der Waals surface area contributed by atoms with Gasteiger partial charge in [-0.25, -0.2) is 0 Å². The predicted octanol–water partition coefficient (Wildman–Crippen LogP) is 1.32. The second-order valence-electron chi connectivity index (χ2n) is 4.31. The van der Waals surface area contributed by atoms with Crippen LogP contribution in [0.25, 0.3) is 0 Å². The monoisotopic (exact) mass is 299 g/mol. The van der Waals surface area contributed by atoms with E-state index in [2.05, 4.69) is 5.16 Å². The summed E-state index contributed by atoms with van der Waals surface area (Å²) in [6.07, 6.45) is 0. The molecule has 0 atom stereocenters. The summed E-state index contributed by atoms with van der Waals surface area (Å²) in [6, 6.07) is 15.6. The highest BCUT2D eigenvalue weighted by atomic mass is 16.4. The fourth-order valence-corrected chi connectivity index (χ4v) is 1.52. The molecule has 5 N–H and O–H groups in total. The maximum absolute atomic E-state index is 8.71. The van der Waals surface area contributed by atoms with Crippen molar-refractivity contribution < 1.29 is 15.4 Å². The molecule has 0 unspecified atom stereocenters. The average Bonchev–Trinajstić information content (AvgIpc) is 2.61. The first kappa shape index (κ1) is 17.2. The fourth-order valence-electron chi connectivity index (χ4n) is 1.52. The minimum absolute atomic E-state index is 0.00352. The molecule has 2 aromatic rings. The molecule has 0 spiro atoms. The van der Waals surface area contributed by atoms with Crippen molar-refractivity contribution in [1.82, 2.24) is 0 Å². The van der Waals surface area contributed by atoms with E-state index in [9.17, 15) is 0 Å². The highest BCUT2D eigenvalue weighted by Crippen LogP contribution is 2.03. The largest absolute Gasteiger partial charge is 0.409 e. The number of nitrogens with zero attached hydrogens (tertiary/aromatic N) is 2. The Labute approximate surface area is 128 Å². The standard InChI is InChI=1S/C8H10N2O2.C8H7NO/c9-8(10-12)7-3-1-6(5-11)2-4-7;9-5-7-1-3-8(6-10)4-2-7/h1-4,11-12H,5H2,(H2,9,10);1-4,10H,6H2. The van der Waals surface area contributed by atoms with Crippen LogP contribution in [0.1, 0.15) is 22.3 Å². The third-order valence-corrected chi connectivity index (χ3v) is 2.81. The number of nitrogens with two attached hydrogens (primary N) is 1. The van der Waals surface area contributed by atoms with Crippen molar-refractivity contribution in [3.8, 4) is 6.07 Å². The van der Waals surface area contributed by atoms with Crippen molar-refractivity contribution in [2.24, 2.45) is 10.9 Å². The van der Waals surface area contributed by atoms with Crippen molar-refractivity contribution in [3.63, 3.8) is 0 Å². The Kier molecular flexibility index (Phi) is 7.13. The SMILES string of the molecule is N#Cc1ccc(CO)cc1.NC(=NO)c1ccc(CO)cc1. The Hall–Kier alpha value is -2.88. The molecular formula is C16H17N3O3. The molecule has 0 bridgehead atoms. The summed E-state index contributed by atoms with van der Waals surface area (Å²) >= 11 is 0. The first-order chi connectivity index (χ1) is 10.6. The number of hydrogen-bond acceptors (Lipinski definition) is 5. The molecule has 2 rings (SSSR count). The van der Waals surface area contributed by atoms with E-state index in [4.69, 9.17) is 26.4 Å². The van der Waals surface area contributed by atoms with Gasteiger partial charge in [0.05, 0.1) is 24.8 Å². The third kappa shape index (κ3) is 5.25. The van der Waals surface area contributed by atoms with Gasteiger partial charge in [-0.3, -0.25) is 0 Å². The Balaban J connectivity index is 0.000000224. The average molecular weight is 299 g/mol. The molecule has 114 valence electrons. The van der Waals surface area contributed by atoms with Crippen LogP contribution >= 0.6 is 0 Å². The molecular weight excluding hydrogens is 282 g/mol. The lowest BCUT2D eigenvalue weighted by Crippen LogP contribution is -2.12. The lowest BCUT2D eigenvalue weighted by molar-refractivity contribution is 0.281. The predicted molar refractivity (Wildman–Crippen MR) is 82.0 cm³/mol. The van der Waals surface area contributed by atoms with E-state index in [1.54, 1.807) is 48.5 Å². The zero-order chi connectivity index (χ0) is 16.4. The Bertz CT molecular complexity index is 644. The number of nitriles is 1. The summed E-state index contributed by atoms with van der Waals surface area (Å²) in [7, 11) is 0. The summed E-state index contributed by atoms with van der Waals surface area (Å²) in [5, 5.41) is 36.9. The van der Waals surface area contributed by atoms with Gasteiger partial charge in [-0.2, -0.15) is 5.26 Å². The molecule has 0 aliphatic rings. The quantitative estimate of drug-likeness (QED) is 0.294. The first-order valence-electron chi connectivity index (χ1n) is 6.42. The van der Waals surface area contributed by atoms with Gasteiger partial charge in [0.2, 0.25) is 0 Å². The first-order valence-corrected chi connectivity index (χ1v) is 6.42. The lowest BCUT2D eigenvalue weighted by atomic mass is 10.1. The zero-order valence-corrected chi connectivity index (χ0v) is 11.8. The van der Waals surface area contributed by atoms with Crippen LogP contribution in [0, 0.1) is 11.3 Å². The van der Waals surface area contributed by atoms with E-state index in [0.29, 0.717) is 11.1 Å². The maximum Gasteiger partial charge on any atom is 0.170 e. The topological polar surface area (TPSA) is 123 Å². The number of amidine groups is 1. The van der Waals surface area contributed by atoms with Gasteiger partial charge in [0, 0.05) is 5.56 Å². The molecule has 0 saturated heterocycles. The van der Waals surface area contributed by atoms with E-state index in [-0.39, 0.29) is 19.0 Å². The molecule has 0 fully saturated rings. The van der Waals surface area contributed by atoms with Gasteiger partial charge in [-0.05, 0) is 23.3 Å². The summed E-state index contributed by atoms with van der Waals surface area (Å²) in [5.41, 5.74) is 8.21. The third-order valence-electron chi connectivity index (χ3n) is 2.81. The van der Waals surface area contributed by atoms with E-state index in [1.807, 2.05) is 6.07 Å². The van der Waals surface area contributed by atoms with Gasteiger partial charge in [-0.15, -0.1) is 0 Å². The smallest absolute Gasteiger partial charge is 0.170 e.